The summed E-state index contributed by atoms with van der Waals surface area (Å²) in [4.78, 5) is 30.8. The Hall–Kier alpha value is -2.28. The highest BCUT2D eigenvalue weighted by Gasteiger charge is 2.53. The zero-order chi connectivity index (χ0) is 22.6. The molecule has 31 heavy (non-hydrogen) atoms. The molecule has 2 amide bonds. The number of amides is 2. The molecule has 7 nitrogen and oxygen atoms in total. The van der Waals surface area contributed by atoms with Gasteiger partial charge in [-0.1, -0.05) is 33.3 Å². The molecule has 1 spiro atoms. The third-order valence-corrected chi connectivity index (χ3v) is 6.58. The van der Waals surface area contributed by atoms with Gasteiger partial charge in [-0.25, -0.2) is 0 Å². The Kier molecular flexibility index (Phi) is 7.46. The van der Waals surface area contributed by atoms with Gasteiger partial charge >= 0.3 is 0 Å². The van der Waals surface area contributed by atoms with Crippen LogP contribution in [0.5, 0.6) is 11.5 Å². The molecule has 1 unspecified atom stereocenters. The molecular formula is C24H37N3O4. The van der Waals surface area contributed by atoms with Gasteiger partial charge in [0.25, 0.3) is 0 Å². The first-order valence-electron chi connectivity index (χ1n) is 11.5. The Morgan fingerprint density at radius 2 is 1.97 bits per heavy atom. The average Bonchev–Trinajstić information content (AvgIpc) is 2.73. The van der Waals surface area contributed by atoms with Crippen molar-refractivity contribution in [3.63, 3.8) is 0 Å². The number of phenols is 1. The van der Waals surface area contributed by atoms with Gasteiger partial charge in [-0.05, 0) is 49.3 Å². The zero-order valence-corrected chi connectivity index (χ0v) is 19.3. The van der Waals surface area contributed by atoms with E-state index in [1.807, 2.05) is 11.0 Å². The number of benzene rings is 1. The number of hydrogen-bond donors (Lipinski definition) is 2. The Morgan fingerprint density at radius 1 is 1.26 bits per heavy atom. The highest BCUT2D eigenvalue weighted by atomic mass is 16.5. The summed E-state index contributed by atoms with van der Waals surface area (Å²) in [7, 11) is 1.53. The first-order chi connectivity index (χ1) is 14.8. The van der Waals surface area contributed by atoms with Crippen molar-refractivity contribution in [3.05, 3.63) is 23.8 Å². The normalized spacial score (nSPS) is 21.6. The quantitative estimate of drug-likeness (QED) is 0.661. The summed E-state index contributed by atoms with van der Waals surface area (Å²) in [6.45, 7) is 9.05. The van der Waals surface area contributed by atoms with E-state index in [4.69, 9.17) is 4.74 Å². The van der Waals surface area contributed by atoms with Crippen molar-refractivity contribution in [1.82, 2.24) is 15.1 Å². The molecular weight excluding hydrogens is 394 g/mol. The minimum Gasteiger partial charge on any atom is -0.504 e. The Labute approximate surface area is 185 Å². The van der Waals surface area contributed by atoms with Gasteiger partial charge < -0.3 is 20.1 Å². The van der Waals surface area contributed by atoms with Gasteiger partial charge in [-0.3, -0.25) is 14.5 Å². The number of methoxy groups -OCH3 is 1. The number of aromatic hydroxyl groups is 1. The predicted molar refractivity (Wildman–Crippen MR) is 120 cm³/mol. The smallest absolute Gasteiger partial charge is 0.246 e. The summed E-state index contributed by atoms with van der Waals surface area (Å²) in [5.74, 6) is 1.03. The summed E-state index contributed by atoms with van der Waals surface area (Å²) in [5, 5.41) is 13.1. The first kappa shape index (κ1) is 23.4. The standard InChI is InChI=1S/C24H37N3O4/c1-5-6-11-27-22(29)19(14-17(2)3)25-23(30)24(27)9-12-26(13-10-24)16-18-7-8-21(31-4)20(28)15-18/h7-8,15,17,19,28H,5-6,9-14,16H2,1-4H3,(H,25,30). The van der Waals surface area contributed by atoms with Gasteiger partial charge in [-0.2, -0.15) is 0 Å². The highest BCUT2D eigenvalue weighted by Crippen LogP contribution is 2.35. The lowest BCUT2D eigenvalue weighted by molar-refractivity contribution is -0.161. The van der Waals surface area contributed by atoms with E-state index < -0.39 is 11.6 Å². The van der Waals surface area contributed by atoms with Crippen LogP contribution in [0.1, 0.15) is 58.4 Å². The van der Waals surface area contributed by atoms with Crippen LogP contribution < -0.4 is 10.1 Å². The molecule has 7 heteroatoms. The minimum atomic E-state index is -0.738. The van der Waals surface area contributed by atoms with E-state index in [2.05, 4.69) is 31.0 Å². The van der Waals surface area contributed by atoms with Crippen LogP contribution in [0.3, 0.4) is 0 Å². The maximum Gasteiger partial charge on any atom is 0.246 e. The molecule has 0 saturated carbocycles. The molecule has 0 bridgehead atoms. The first-order valence-corrected chi connectivity index (χ1v) is 11.5. The second-order valence-electron chi connectivity index (χ2n) is 9.31. The van der Waals surface area contributed by atoms with E-state index >= 15 is 0 Å². The fraction of sp³-hybridized carbons (Fsp3) is 0.667. The monoisotopic (exact) mass is 431 g/mol. The van der Waals surface area contributed by atoms with Crippen LogP contribution in [0.15, 0.2) is 18.2 Å². The Bertz CT molecular complexity index is 787. The number of ether oxygens (including phenoxy) is 1. The number of nitrogens with zero attached hydrogens (tertiary/aromatic N) is 2. The molecule has 2 aliphatic rings. The zero-order valence-electron chi connectivity index (χ0n) is 19.3. The van der Waals surface area contributed by atoms with E-state index in [9.17, 15) is 14.7 Å². The van der Waals surface area contributed by atoms with Crippen molar-refractivity contribution in [2.75, 3.05) is 26.7 Å². The van der Waals surface area contributed by atoms with Crippen molar-refractivity contribution >= 4 is 11.8 Å². The van der Waals surface area contributed by atoms with Crippen molar-refractivity contribution in [3.8, 4) is 11.5 Å². The number of hydrogen-bond acceptors (Lipinski definition) is 5. The van der Waals surface area contributed by atoms with Crippen LogP contribution in [0.2, 0.25) is 0 Å². The number of carbonyl (C=O) groups excluding carboxylic acids is 2. The SMILES string of the molecule is CCCCN1C(=O)C(CC(C)C)NC(=O)C12CCN(Cc1ccc(OC)c(O)c1)CC2. The topological polar surface area (TPSA) is 82.1 Å². The van der Waals surface area contributed by atoms with Crippen LogP contribution in [0, 0.1) is 5.92 Å². The molecule has 2 N–H and O–H groups in total. The molecule has 2 saturated heterocycles. The van der Waals surface area contributed by atoms with Crippen molar-refractivity contribution in [2.45, 2.75) is 71.0 Å². The van der Waals surface area contributed by atoms with E-state index in [0.717, 1.165) is 31.5 Å². The van der Waals surface area contributed by atoms with Gasteiger partial charge in [-0.15, -0.1) is 0 Å². The third kappa shape index (κ3) is 4.97. The average molecular weight is 432 g/mol. The summed E-state index contributed by atoms with van der Waals surface area (Å²) >= 11 is 0. The van der Waals surface area contributed by atoms with Crippen molar-refractivity contribution in [1.29, 1.82) is 0 Å². The summed E-state index contributed by atoms with van der Waals surface area (Å²) < 4.78 is 5.12. The number of piperidine rings is 1. The number of unbranched alkanes of at least 4 members (excludes halogenated alkanes) is 1. The summed E-state index contributed by atoms with van der Waals surface area (Å²) in [6, 6.07) is 5.04. The highest BCUT2D eigenvalue weighted by molar-refractivity contribution is 6.00. The molecule has 172 valence electrons. The Balaban J connectivity index is 1.71. The maximum atomic E-state index is 13.3. The molecule has 2 aliphatic heterocycles. The fourth-order valence-corrected chi connectivity index (χ4v) is 4.82. The van der Waals surface area contributed by atoms with Crippen LogP contribution in [-0.2, 0) is 16.1 Å². The van der Waals surface area contributed by atoms with Gasteiger partial charge in [0, 0.05) is 26.2 Å². The number of rotatable bonds is 8. The lowest BCUT2D eigenvalue weighted by Crippen LogP contribution is -2.73. The van der Waals surface area contributed by atoms with E-state index in [0.29, 0.717) is 44.0 Å². The maximum absolute atomic E-state index is 13.3. The molecule has 2 fully saturated rings. The van der Waals surface area contributed by atoms with E-state index in [1.54, 1.807) is 12.1 Å². The second kappa shape index (κ2) is 9.90. The molecule has 0 radical (unpaired) electrons. The molecule has 3 rings (SSSR count). The van der Waals surface area contributed by atoms with Crippen molar-refractivity contribution in [2.24, 2.45) is 5.92 Å². The lowest BCUT2D eigenvalue weighted by Gasteiger charge is -2.52. The van der Waals surface area contributed by atoms with E-state index in [1.165, 1.54) is 7.11 Å². The molecule has 1 aromatic carbocycles. The third-order valence-electron chi connectivity index (χ3n) is 6.58. The van der Waals surface area contributed by atoms with E-state index in [-0.39, 0.29) is 17.6 Å². The molecule has 0 aliphatic carbocycles. The summed E-state index contributed by atoms with van der Waals surface area (Å²) in [6.07, 6.45) is 3.83. The van der Waals surface area contributed by atoms with Crippen LogP contribution in [-0.4, -0.2) is 65.0 Å². The number of phenolic OH excluding ortho intramolecular Hbond substituents is 1. The van der Waals surface area contributed by atoms with Gasteiger partial charge in [0.15, 0.2) is 11.5 Å². The number of carbonyl (C=O) groups is 2. The predicted octanol–water partition coefficient (Wildman–Crippen LogP) is 2.91. The number of piperazine rings is 1. The molecule has 2 heterocycles. The number of nitrogens with one attached hydrogen (secondary N) is 1. The van der Waals surface area contributed by atoms with Crippen LogP contribution in [0.4, 0.5) is 0 Å². The molecule has 1 atom stereocenters. The van der Waals surface area contributed by atoms with Gasteiger partial charge in [0.1, 0.15) is 11.6 Å². The molecule has 1 aromatic rings. The van der Waals surface area contributed by atoms with Crippen LogP contribution in [0.25, 0.3) is 0 Å². The minimum absolute atomic E-state index is 0.00981. The number of likely N-dealkylation sites (tertiary alicyclic amines) is 1. The lowest BCUT2D eigenvalue weighted by atomic mass is 9.80. The fourth-order valence-electron chi connectivity index (χ4n) is 4.82. The van der Waals surface area contributed by atoms with Crippen LogP contribution >= 0.6 is 0 Å². The second-order valence-corrected chi connectivity index (χ2v) is 9.31. The van der Waals surface area contributed by atoms with Gasteiger partial charge in [0.05, 0.1) is 7.11 Å². The summed E-state index contributed by atoms with van der Waals surface area (Å²) in [5.41, 5.74) is 0.261. The largest absolute Gasteiger partial charge is 0.504 e. The van der Waals surface area contributed by atoms with Crippen molar-refractivity contribution < 1.29 is 19.4 Å². The Morgan fingerprint density at radius 3 is 2.55 bits per heavy atom. The van der Waals surface area contributed by atoms with Gasteiger partial charge in [0.2, 0.25) is 11.8 Å². The molecule has 0 aromatic heterocycles.